The van der Waals surface area contributed by atoms with Gasteiger partial charge in [-0.2, -0.15) is 0 Å². The lowest BCUT2D eigenvalue weighted by Crippen LogP contribution is -2.47. The van der Waals surface area contributed by atoms with Gasteiger partial charge in [-0.3, -0.25) is 9.59 Å². The number of ether oxygens (including phenoxy) is 1. The third-order valence-corrected chi connectivity index (χ3v) is 4.53. The third-order valence-electron chi connectivity index (χ3n) is 3.53. The summed E-state index contributed by atoms with van der Waals surface area (Å²) in [7, 11) is 0. The molecule has 2 unspecified atom stereocenters. The van der Waals surface area contributed by atoms with Gasteiger partial charge in [0.1, 0.15) is 5.92 Å². The third kappa shape index (κ3) is 3.98. The van der Waals surface area contributed by atoms with Gasteiger partial charge >= 0.3 is 5.97 Å². The fraction of sp³-hybridized carbons (Fsp3) is 0.467. The van der Waals surface area contributed by atoms with E-state index >= 15 is 0 Å². The molecule has 114 valence electrons. The van der Waals surface area contributed by atoms with E-state index < -0.39 is 11.9 Å². The monoisotopic (exact) mass is 309 g/mol. The summed E-state index contributed by atoms with van der Waals surface area (Å²) in [6.45, 7) is 2.83. The van der Waals surface area contributed by atoms with Crippen LogP contribution in [0.1, 0.15) is 6.92 Å². The minimum absolute atomic E-state index is 0.0481. The molecule has 21 heavy (non-hydrogen) atoms. The smallest absolute Gasteiger partial charge is 0.311 e. The van der Waals surface area contributed by atoms with Crippen molar-refractivity contribution in [3.8, 4) is 0 Å². The Morgan fingerprint density at radius 1 is 1.33 bits per heavy atom. The molecule has 1 fully saturated rings. The van der Waals surface area contributed by atoms with E-state index in [1.807, 2.05) is 37.3 Å². The number of carbonyl (C=O) groups is 2. The topological polar surface area (TPSA) is 66.8 Å². The van der Waals surface area contributed by atoms with Gasteiger partial charge in [-0.25, -0.2) is 0 Å². The predicted molar refractivity (Wildman–Crippen MR) is 80.3 cm³/mol. The van der Waals surface area contributed by atoms with Crippen molar-refractivity contribution in [2.45, 2.75) is 17.9 Å². The lowest BCUT2D eigenvalue weighted by molar-refractivity contribution is -0.144. The average molecular weight is 309 g/mol. The Balaban J connectivity index is 1.97. The SMILES string of the molecule is CCN(C(=O)CSc1ccccc1)C1COCC1C(=O)O. The van der Waals surface area contributed by atoms with E-state index in [1.165, 1.54) is 11.8 Å². The van der Waals surface area contributed by atoms with Gasteiger partial charge in [-0.15, -0.1) is 11.8 Å². The first kappa shape index (κ1) is 15.9. The molecule has 0 bridgehead atoms. The molecule has 6 heteroatoms. The quantitative estimate of drug-likeness (QED) is 0.811. The number of carboxylic acid groups (broad SMARTS) is 1. The summed E-state index contributed by atoms with van der Waals surface area (Å²) in [5.74, 6) is -1.27. The van der Waals surface area contributed by atoms with Crippen LogP contribution in [0.15, 0.2) is 35.2 Å². The molecule has 1 saturated heterocycles. The van der Waals surface area contributed by atoms with Crippen LogP contribution >= 0.6 is 11.8 Å². The summed E-state index contributed by atoms with van der Waals surface area (Å²) in [6, 6.07) is 9.32. The van der Waals surface area contributed by atoms with E-state index in [2.05, 4.69) is 0 Å². The number of aliphatic carboxylic acids is 1. The maximum Gasteiger partial charge on any atom is 0.311 e. The molecular formula is C15H19NO4S. The van der Waals surface area contributed by atoms with Gasteiger partial charge in [-0.05, 0) is 19.1 Å². The highest BCUT2D eigenvalue weighted by atomic mass is 32.2. The van der Waals surface area contributed by atoms with E-state index in [1.54, 1.807) is 4.90 Å². The summed E-state index contributed by atoms with van der Waals surface area (Å²) in [5.41, 5.74) is 0. The summed E-state index contributed by atoms with van der Waals surface area (Å²) in [6.07, 6.45) is 0. The first-order valence-corrected chi connectivity index (χ1v) is 7.90. The molecule has 1 amide bonds. The number of nitrogens with zero attached hydrogens (tertiary/aromatic N) is 1. The van der Waals surface area contributed by atoms with Crippen molar-refractivity contribution in [1.29, 1.82) is 0 Å². The maximum absolute atomic E-state index is 12.4. The van der Waals surface area contributed by atoms with Crippen molar-refractivity contribution in [3.05, 3.63) is 30.3 Å². The molecule has 2 atom stereocenters. The van der Waals surface area contributed by atoms with E-state index in [0.717, 1.165) is 4.90 Å². The van der Waals surface area contributed by atoms with Crippen LogP contribution in [0.5, 0.6) is 0 Å². The second-order valence-corrected chi connectivity index (χ2v) is 5.88. The second kappa shape index (κ2) is 7.47. The molecule has 1 aliphatic rings. The minimum Gasteiger partial charge on any atom is -0.481 e. The molecule has 0 aliphatic carbocycles. The molecular weight excluding hydrogens is 290 g/mol. The Labute approximate surface area is 128 Å². The van der Waals surface area contributed by atoms with Crippen molar-refractivity contribution in [1.82, 2.24) is 4.90 Å². The Morgan fingerprint density at radius 3 is 2.67 bits per heavy atom. The van der Waals surface area contributed by atoms with Gasteiger partial charge in [0.05, 0.1) is 25.0 Å². The van der Waals surface area contributed by atoms with Crippen molar-refractivity contribution < 1.29 is 19.4 Å². The minimum atomic E-state index is -0.903. The summed E-state index contributed by atoms with van der Waals surface area (Å²) in [5, 5.41) is 9.19. The van der Waals surface area contributed by atoms with Crippen molar-refractivity contribution in [2.75, 3.05) is 25.5 Å². The molecule has 5 nitrogen and oxygen atoms in total. The zero-order valence-electron chi connectivity index (χ0n) is 11.9. The standard InChI is InChI=1S/C15H19NO4S/c1-2-16(13-9-20-8-12(13)15(18)19)14(17)10-21-11-6-4-3-5-7-11/h3-7,12-13H,2,8-10H2,1H3,(H,18,19). The number of benzene rings is 1. The van der Waals surface area contributed by atoms with Crippen LogP contribution < -0.4 is 0 Å². The first-order valence-electron chi connectivity index (χ1n) is 6.91. The highest BCUT2D eigenvalue weighted by Gasteiger charge is 2.39. The highest BCUT2D eigenvalue weighted by Crippen LogP contribution is 2.23. The van der Waals surface area contributed by atoms with Gasteiger partial charge < -0.3 is 14.7 Å². The number of likely N-dealkylation sites (N-methyl/N-ethyl adjacent to an activating group) is 1. The maximum atomic E-state index is 12.4. The van der Waals surface area contributed by atoms with E-state index in [9.17, 15) is 14.7 Å². The summed E-state index contributed by atoms with van der Waals surface area (Å²) < 4.78 is 5.25. The number of thioether (sulfide) groups is 1. The van der Waals surface area contributed by atoms with Crippen LogP contribution in [0, 0.1) is 5.92 Å². The number of carbonyl (C=O) groups excluding carboxylic acids is 1. The number of amides is 1. The molecule has 2 rings (SSSR count). The first-order chi connectivity index (χ1) is 10.1. The highest BCUT2D eigenvalue weighted by molar-refractivity contribution is 8.00. The van der Waals surface area contributed by atoms with Gasteiger partial charge in [0.2, 0.25) is 5.91 Å². The van der Waals surface area contributed by atoms with Crippen LogP contribution in [0.2, 0.25) is 0 Å². The predicted octanol–water partition coefficient (Wildman–Crippen LogP) is 1.73. The lowest BCUT2D eigenvalue weighted by atomic mass is 10.0. The van der Waals surface area contributed by atoms with E-state index in [4.69, 9.17) is 4.74 Å². The molecule has 0 saturated carbocycles. The molecule has 1 aromatic carbocycles. The fourth-order valence-corrected chi connectivity index (χ4v) is 3.23. The average Bonchev–Trinajstić information content (AvgIpc) is 2.96. The second-order valence-electron chi connectivity index (χ2n) is 4.83. The number of hydrogen-bond acceptors (Lipinski definition) is 4. The van der Waals surface area contributed by atoms with Gasteiger partial charge in [-0.1, -0.05) is 18.2 Å². The molecule has 0 aromatic heterocycles. The summed E-state index contributed by atoms with van der Waals surface area (Å²) >= 11 is 1.46. The van der Waals surface area contributed by atoms with Gasteiger partial charge in [0, 0.05) is 11.4 Å². The lowest BCUT2D eigenvalue weighted by Gasteiger charge is -2.29. The molecule has 0 spiro atoms. The molecule has 1 heterocycles. The summed E-state index contributed by atoms with van der Waals surface area (Å²) in [4.78, 5) is 26.2. The van der Waals surface area contributed by atoms with Gasteiger partial charge in [0.25, 0.3) is 0 Å². The number of rotatable bonds is 6. The Morgan fingerprint density at radius 2 is 2.05 bits per heavy atom. The van der Waals surface area contributed by atoms with Crippen LogP contribution in [0.25, 0.3) is 0 Å². The van der Waals surface area contributed by atoms with Crippen LogP contribution in [0.3, 0.4) is 0 Å². The van der Waals surface area contributed by atoms with Crippen molar-refractivity contribution in [2.24, 2.45) is 5.92 Å². The molecule has 1 N–H and O–H groups in total. The Hall–Kier alpha value is -1.53. The van der Waals surface area contributed by atoms with Crippen LogP contribution in [0.4, 0.5) is 0 Å². The van der Waals surface area contributed by atoms with Crippen LogP contribution in [-0.4, -0.2) is 53.4 Å². The molecule has 1 aromatic rings. The Kier molecular flexibility index (Phi) is 5.64. The van der Waals surface area contributed by atoms with E-state index in [0.29, 0.717) is 18.9 Å². The normalized spacial score (nSPS) is 21.2. The Bertz CT molecular complexity index is 494. The fourth-order valence-electron chi connectivity index (χ4n) is 2.43. The number of hydrogen-bond donors (Lipinski definition) is 1. The largest absolute Gasteiger partial charge is 0.481 e. The molecule has 1 aliphatic heterocycles. The molecule has 0 radical (unpaired) electrons. The van der Waals surface area contributed by atoms with Crippen molar-refractivity contribution in [3.63, 3.8) is 0 Å². The van der Waals surface area contributed by atoms with Crippen molar-refractivity contribution >= 4 is 23.6 Å². The number of carboxylic acids is 1. The van der Waals surface area contributed by atoms with Gasteiger partial charge in [0.15, 0.2) is 0 Å². The zero-order chi connectivity index (χ0) is 15.2. The zero-order valence-corrected chi connectivity index (χ0v) is 12.7. The van der Waals surface area contributed by atoms with Crippen LogP contribution in [-0.2, 0) is 14.3 Å². The van der Waals surface area contributed by atoms with E-state index in [-0.39, 0.29) is 18.6 Å².